The van der Waals surface area contributed by atoms with Crippen molar-refractivity contribution in [2.24, 2.45) is 52.1 Å². The Labute approximate surface area is 255 Å². The van der Waals surface area contributed by atoms with Crippen LogP contribution in [0.25, 0.3) is 0 Å². The number of hydrogen-bond acceptors (Lipinski definition) is 7. The minimum atomic E-state index is -0.738. The highest BCUT2D eigenvalue weighted by Gasteiger charge is 2.65. The van der Waals surface area contributed by atoms with E-state index in [1.54, 1.807) is 0 Å². The third kappa shape index (κ3) is 7.54. The average molecular weight is 593 g/mol. The van der Waals surface area contributed by atoms with Gasteiger partial charge in [0.2, 0.25) is 5.91 Å². The van der Waals surface area contributed by atoms with Gasteiger partial charge in [-0.05, 0) is 156 Å². The second-order valence-corrected chi connectivity index (χ2v) is 15.1. The van der Waals surface area contributed by atoms with Crippen LogP contribution in [0.1, 0.15) is 104 Å². The number of hydrogen-bond donors (Lipinski definition) is 7. The smallest absolute Gasteiger partial charge is 0.220 e. The third-order valence-corrected chi connectivity index (χ3v) is 12.7. The number of carbonyl (C=O) groups excluding carboxylic acids is 1. The number of nitrogens with two attached hydrogens (primary N) is 1. The van der Waals surface area contributed by atoms with E-state index in [-0.39, 0.29) is 34.7 Å². The number of nitrogens with one attached hydrogen (secondary N) is 3. The first-order chi connectivity index (χ1) is 20.1. The second kappa shape index (κ2) is 15.5. The fraction of sp³-hybridized carbons (Fsp3) is 0.971. The van der Waals surface area contributed by atoms with Gasteiger partial charge in [-0.3, -0.25) is 4.79 Å². The van der Waals surface area contributed by atoms with Crippen LogP contribution in [0.4, 0.5) is 0 Å². The normalized spacial score (nSPS) is 40.2. The van der Waals surface area contributed by atoms with E-state index in [1.165, 1.54) is 12.8 Å². The minimum Gasteiger partial charge on any atom is -0.393 e. The van der Waals surface area contributed by atoms with E-state index in [9.17, 15) is 20.1 Å². The molecule has 4 saturated carbocycles. The summed E-state index contributed by atoms with van der Waals surface area (Å²) in [5, 5.41) is 43.1. The molecule has 0 bridgehead atoms. The molecule has 8 nitrogen and oxygen atoms in total. The summed E-state index contributed by atoms with van der Waals surface area (Å²) in [6.45, 7) is 12.6. The van der Waals surface area contributed by atoms with Gasteiger partial charge in [-0.2, -0.15) is 0 Å². The Morgan fingerprint density at radius 1 is 0.810 bits per heavy atom. The summed E-state index contributed by atoms with van der Waals surface area (Å²) < 4.78 is 0. The summed E-state index contributed by atoms with van der Waals surface area (Å²) in [6.07, 6.45) is 11.0. The van der Waals surface area contributed by atoms with Crippen LogP contribution in [-0.2, 0) is 4.79 Å². The van der Waals surface area contributed by atoms with Crippen LogP contribution in [0.3, 0.4) is 0 Å². The van der Waals surface area contributed by atoms with Gasteiger partial charge in [-0.15, -0.1) is 0 Å². The Balaban J connectivity index is 1.17. The number of amides is 1. The molecule has 4 aliphatic rings. The predicted molar refractivity (Wildman–Crippen MR) is 169 cm³/mol. The molecule has 0 aromatic carbocycles. The molecule has 0 aromatic rings. The first-order valence-electron chi connectivity index (χ1n) is 17.6. The summed E-state index contributed by atoms with van der Waals surface area (Å²) in [4.78, 5) is 12.6. The molecule has 0 heterocycles. The molecule has 8 heteroatoms. The highest BCUT2D eigenvalue weighted by molar-refractivity contribution is 5.75. The molecule has 244 valence electrons. The average Bonchev–Trinajstić information content (AvgIpc) is 3.33. The highest BCUT2D eigenvalue weighted by Crippen LogP contribution is 2.68. The maximum atomic E-state index is 12.6. The number of unbranched alkanes of at least 4 members (excludes halogenated alkanes) is 1. The van der Waals surface area contributed by atoms with Crippen molar-refractivity contribution >= 4 is 5.91 Å². The fourth-order valence-electron chi connectivity index (χ4n) is 10.3. The minimum absolute atomic E-state index is 0.00303. The number of fused-ring (bicyclic) bond motifs is 5. The highest BCUT2D eigenvalue weighted by atomic mass is 16.3. The standard InChI is InChI=1S/C34H64N4O4/c1-23(8-11-29(40)38-21-7-20-37-18-5-4-17-36-19-6-16-35)25-9-10-26-30-27(13-15-33(25,26)2)34(3)14-12-24(39)22-28(34)31(41)32(30)42/h23-28,30-32,36-37,39,41-42H,4-22,35H2,1-3H3,(H,38,40)/t23-,24-,25-,26+,27+,28+,30+,31-,32+,33-,34-/m0/s1. The zero-order valence-electron chi connectivity index (χ0n) is 27.0. The topological polar surface area (TPSA) is 140 Å². The van der Waals surface area contributed by atoms with Crippen molar-refractivity contribution in [1.29, 1.82) is 0 Å². The van der Waals surface area contributed by atoms with Crippen molar-refractivity contribution in [1.82, 2.24) is 16.0 Å². The van der Waals surface area contributed by atoms with E-state index in [4.69, 9.17) is 5.73 Å². The van der Waals surface area contributed by atoms with E-state index in [2.05, 4.69) is 36.7 Å². The molecular formula is C34H64N4O4. The van der Waals surface area contributed by atoms with Gasteiger partial charge in [-0.1, -0.05) is 20.8 Å². The molecule has 0 aromatic heterocycles. The Morgan fingerprint density at radius 3 is 2.17 bits per heavy atom. The fourth-order valence-corrected chi connectivity index (χ4v) is 10.3. The lowest BCUT2D eigenvalue weighted by Gasteiger charge is -2.63. The van der Waals surface area contributed by atoms with E-state index in [0.29, 0.717) is 36.5 Å². The van der Waals surface area contributed by atoms with Crippen LogP contribution in [-0.4, -0.2) is 78.8 Å². The van der Waals surface area contributed by atoms with Gasteiger partial charge in [0.05, 0.1) is 18.3 Å². The van der Waals surface area contributed by atoms with Crippen LogP contribution in [0.5, 0.6) is 0 Å². The van der Waals surface area contributed by atoms with Crippen LogP contribution < -0.4 is 21.7 Å². The van der Waals surface area contributed by atoms with Crippen LogP contribution >= 0.6 is 0 Å². The summed E-state index contributed by atoms with van der Waals surface area (Å²) in [7, 11) is 0. The van der Waals surface area contributed by atoms with Crippen molar-refractivity contribution in [2.75, 3.05) is 39.3 Å². The zero-order valence-corrected chi connectivity index (χ0v) is 27.0. The molecule has 11 atom stereocenters. The molecule has 4 fully saturated rings. The Kier molecular flexibility index (Phi) is 12.6. The van der Waals surface area contributed by atoms with Gasteiger partial charge < -0.3 is 37.0 Å². The molecular weight excluding hydrogens is 528 g/mol. The van der Waals surface area contributed by atoms with Gasteiger partial charge in [0.15, 0.2) is 0 Å². The lowest BCUT2D eigenvalue weighted by atomic mass is 9.43. The maximum absolute atomic E-state index is 12.6. The molecule has 42 heavy (non-hydrogen) atoms. The first kappa shape index (κ1) is 34.1. The number of rotatable bonds is 16. The maximum Gasteiger partial charge on any atom is 0.220 e. The van der Waals surface area contributed by atoms with Crippen LogP contribution in [0.2, 0.25) is 0 Å². The molecule has 0 aliphatic heterocycles. The second-order valence-electron chi connectivity index (χ2n) is 15.1. The van der Waals surface area contributed by atoms with Crippen molar-refractivity contribution in [3.8, 4) is 0 Å². The largest absolute Gasteiger partial charge is 0.393 e. The molecule has 0 saturated heterocycles. The molecule has 4 aliphatic carbocycles. The Morgan fingerprint density at radius 2 is 1.45 bits per heavy atom. The Hall–Kier alpha value is -0.770. The lowest BCUT2D eigenvalue weighted by molar-refractivity contribution is -0.223. The van der Waals surface area contributed by atoms with Crippen LogP contribution in [0.15, 0.2) is 0 Å². The molecule has 0 spiro atoms. The molecule has 8 N–H and O–H groups in total. The summed E-state index contributed by atoms with van der Waals surface area (Å²) in [5.74, 6) is 2.16. The van der Waals surface area contributed by atoms with Crippen molar-refractivity contribution in [3.63, 3.8) is 0 Å². The van der Waals surface area contributed by atoms with Crippen molar-refractivity contribution < 1.29 is 20.1 Å². The molecule has 0 unspecified atom stereocenters. The van der Waals surface area contributed by atoms with E-state index < -0.39 is 12.2 Å². The van der Waals surface area contributed by atoms with E-state index >= 15 is 0 Å². The number of aliphatic hydroxyl groups is 3. The van der Waals surface area contributed by atoms with Gasteiger partial charge in [0.1, 0.15) is 0 Å². The predicted octanol–water partition coefficient (Wildman–Crippen LogP) is 3.18. The van der Waals surface area contributed by atoms with Crippen LogP contribution in [0, 0.1) is 46.3 Å². The van der Waals surface area contributed by atoms with Gasteiger partial charge in [0, 0.05) is 13.0 Å². The van der Waals surface area contributed by atoms with E-state index in [0.717, 1.165) is 97.1 Å². The van der Waals surface area contributed by atoms with Crippen molar-refractivity contribution in [3.05, 3.63) is 0 Å². The number of aliphatic hydroxyl groups excluding tert-OH is 3. The molecule has 1 amide bonds. The van der Waals surface area contributed by atoms with Gasteiger partial charge in [0.25, 0.3) is 0 Å². The van der Waals surface area contributed by atoms with Gasteiger partial charge >= 0.3 is 0 Å². The number of carbonyl (C=O) groups is 1. The Bertz CT molecular complexity index is 846. The summed E-state index contributed by atoms with van der Waals surface area (Å²) >= 11 is 0. The first-order valence-corrected chi connectivity index (χ1v) is 17.6. The summed E-state index contributed by atoms with van der Waals surface area (Å²) in [5.41, 5.74) is 5.66. The molecule has 4 rings (SSSR count). The monoisotopic (exact) mass is 592 g/mol. The lowest BCUT2D eigenvalue weighted by Crippen LogP contribution is -2.64. The SMILES string of the molecule is C[C@@H](CCC(=O)NCCCNCCCCNCCCN)[C@@H]1CC[C@@H]2[C@H]3[C@@H](O)[C@@H](O)[C@H]4C[C@@H](O)CC[C@@]4(C)[C@@H]3CC[C@]21C. The third-order valence-electron chi connectivity index (χ3n) is 12.7. The molecule has 0 radical (unpaired) electrons. The quantitative estimate of drug-likeness (QED) is 0.137. The zero-order chi connectivity index (χ0) is 30.3. The van der Waals surface area contributed by atoms with Crippen molar-refractivity contribution in [2.45, 2.75) is 123 Å². The van der Waals surface area contributed by atoms with Gasteiger partial charge in [-0.25, -0.2) is 0 Å². The van der Waals surface area contributed by atoms with E-state index in [1.807, 2.05) is 0 Å². The summed E-state index contributed by atoms with van der Waals surface area (Å²) in [6, 6.07) is 0.